The zero-order valence-corrected chi connectivity index (χ0v) is 14.0. The van der Waals surface area contributed by atoms with Crippen molar-refractivity contribution in [2.45, 2.75) is 34.1 Å². The molecule has 0 aliphatic rings. The zero-order valence-electron chi connectivity index (χ0n) is 14.0. The van der Waals surface area contributed by atoms with Crippen LogP contribution in [0.4, 0.5) is 5.69 Å². The van der Waals surface area contributed by atoms with E-state index >= 15 is 0 Å². The van der Waals surface area contributed by atoms with E-state index in [1.807, 2.05) is 45.0 Å². The molecule has 0 atom stereocenters. The van der Waals surface area contributed by atoms with Gasteiger partial charge in [0.05, 0.1) is 6.61 Å². The van der Waals surface area contributed by atoms with Gasteiger partial charge < -0.3 is 14.5 Å². The van der Waals surface area contributed by atoms with E-state index in [1.165, 1.54) is 6.92 Å². The van der Waals surface area contributed by atoms with Crippen LogP contribution < -0.4 is 9.64 Å². The molecule has 22 heavy (non-hydrogen) atoms. The Labute approximate surface area is 132 Å². The molecule has 5 heteroatoms. The summed E-state index contributed by atoms with van der Waals surface area (Å²) in [5.74, 6) is 0.771. The average molecular weight is 306 g/mol. The maximum atomic E-state index is 12.1. The van der Waals surface area contributed by atoms with Crippen LogP contribution in [0.25, 0.3) is 0 Å². The van der Waals surface area contributed by atoms with E-state index in [1.54, 1.807) is 9.80 Å². The molecule has 0 N–H and O–H groups in total. The Kier molecular flexibility index (Phi) is 7.43. The maximum absolute atomic E-state index is 12.1. The minimum absolute atomic E-state index is 0.0715. The number of carbonyl (C=O) groups is 2. The molecule has 0 aliphatic carbocycles. The number of hydrogen-bond donors (Lipinski definition) is 0. The predicted octanol–water partition coefficient (Wildman–Crippen LogP) is 2.70. The predicted molar refractivity (Wildman–Crippen MR) is 88.2 cm³/mol. The number of ether oxygens (including phenoxy) is 1. The lowest BCUT2D eigenvalue weighted by Gasteiger charge is -2.24. The highest BCUT2D eigenvalue weighted by Crippen LogP contribution is 2.20. The van der Waals surface area contributed by atoms with Crippen molar-refractivity contribution in [1.29, 1.82) is 0 Å². The van der Waals surface area contributed by atoms with E-state index in [2.05, 4.69) is 0 Å². The minimum Gasteiger partial charge on any atom is -0.494 e. The van der Waals surface area contributed by atoms with Crippen LogP contribution in [0.15, 0.2) is 24.3 Å². The zero-order chi connectivity index (χ0) is 16.5. The van der Waals surface area contributed by atoms with E-state index in [-0.39, 0.29) is 11.8 Å². The van der Waals surface area contributed by atoms with Crippen molar-refractivity contribution in [3.8, 4) is 5.75 Å². The second-order valence-electron chi connectivity index (χ2n) is 4.91. The number of amides is 2. The van der Waals surface area contributed by atoms with E-state index < -0.39 is 0 Å². The van der Waals surface area contributed by atoms with Crippen molar-refractivity contribution in [3.63, 3.8) is 0 Å². The van der Waals surface area contributed by atoms with Crippen molar-refractivity contribution in [2.24, 2.45) is 0 Å². The molecule has 0 bridgehead atoms. The first-order valence-electron chi connectivity index (χ1n) is 7.82. The van der Waals surface area contributed by atoms with Crippen molar-refractivity contribution in [3.05, 3.63) is 24.3 Å². The van der Waals surface area contributed by atoms with E-state index in [9.17, 15) is 9.59 Å². The van der Waals surface area contributed by atoms with Crippen molar-refractivity contribution < 1.29 is 14.3 Å². The summed E-state index contributed by atoms with van der Waals surface area (Å²) in [5.41, 5.74) is 0.781. The second kappa shape index (κ2) is 9.07. The van der Waals surface area contributed by atoms with Gasteiger partial charge in [-0.05, 0) is 45.0 Å². The molecular formula is C17H26N2O3. The Morgan fingerprint density at radius 1 is 1.05 bits per heavy atom. The van der Waals surface area contributed by atoms with Gasteiger partial charge in [0, 0.05) is 38.7 Å². The normalized spacial score (nSPS) is 10.2. The van der Waals surface area contributed by atoms with Crippen molar-refractivity contribution >= 4 is 17.5 Å². The second-order valence-corrected chi connectivity index (χ2v) is 4.91. The Morgan fingerprint density at radius 3 is 2.09 bits per heavy atom. The van der Waals surface area contributed by atoms with Crippen LogP contribution >= 0.6 is 0 Å². The summed E-state index contributed by atoms with van der Waals surface area (Å²) in [6, 6.07) is 7.35. The summed E-state index contributed by atoms with van der Waals surface area (Å²) < 4.78 is 5.40. The van der Waals surface area contributed by atoms with Crippen molar-refractivity contribution in [1.82, 2.24) is 4.90 Å². The lowest BCUT2D eigenvalue weighted by Crippen LogP contribution is -2.36. The summed E-state index contributed by atoms with van der Waals surface area (Å²) in [4.78, 5) is 27.3. The van der Waals surface area contributed by atoms with Gasteiger partial charge in [-0.1, -0.05) is 0 Å². The van der Waals surface area contributed by atoms with Gasteiger partial charge in [0.1, 0.15) is 5.75 Å². The highest BCUT2D eigenvalue weighted by Gasteiger charge is 2.16. The smallest absolute Gasteiger partial charge is 0.224 e. The topological polar surface area (TPSA) is 49.9 Å². The quantitative estimate of drug-likeness (QED) is 0.742. The minimum atomic E-state index is -0.0727. The summed E-state index contributed by atoms with van der Waals surface area (Å²) >= 11 is 0. The van der Waals surface area contributed by atoms with Crippen LogP contribution in [0.1, 0.15) is 34.1 Å². The molecule has 0 heterocycles. The SMILES string of the molecule is CCOc1ccc(N(CCC(=O)N(CC)CC)C(C)=O)cc1. The Morgan fingerprint density at radius 2 is 1.64 bits per heavy atom. The summed E-state index contributed by atoms with van der Waals surface area (Å²) in [6.07, 6.45) is 0.328. The van der Waals surface area contributed by atoms with Crippen molar-refractivity contribution in [2.75, 3.05) is 31.1 Å². The molecule has 1 aromatic rings. The number of nitrogens with zero attached hydrogens (tertiary/aromatic N) is 2. The number of benzene rings is 1. The fourth-order valence-corrected chi connectivity index (χ4v) is 2.30. The van der Waals surface area contributed by atoms with Gasteiger partial charge in [-0.3, -0.25) is 9.59 Å². The first-order chi connectivity index (χ1) is 10.5. The maximum Gasteiger partial charge on any atom is 0.224 e. The largest absolute Gasteiger partial charge is 0.494 e. The molecule has 0 saturated heterocycles. The molecular weight excluding hydrogens is 280 g/mol. The monoisotopic (exact) mass is 306 g/mol. The van der Waals surface area contributed by atoms with Crippen LogP contribution in [0.3, 0.4) is 0 Å². The number of hydrogen-bond acceptors (Lipinski definition) is 3. The summed E-state index contributed by atoms with van der Waals surface area (Å²) in [5, 5.41) is 0. The lowest BCUT2D eigenvalue weighted by atomic mass is 10.2. The van der Waals surface area contributed by atoms with Gasteiger partial charge in [-0.15, -0.1) is 0 Å². The highest BCUT2D eigenvalue weighted by molar-refractivity contribution is 5.92. The highest BCUT2D eigenvalue weighted by atomic mass is 16.5. The average Bonchev–Trinajstić information content (AvgIpc) is 2.50. The number of carbonyl (C=O) groups excluding carboxylic acids is 2. The standard InChI is InChI=1S/C17H26N2O3/c1-5-18(6-2)17(21)12-13-19(14(4)20)15-8-10-16(11-9-15)22-7-3/h8-11H,5-7,12-13H2,1-4H3. The van der Waals surface area contributed by atoms with E-state index in [0.29, 0.717) is 32.7 Å². The summed E-state index contributed by atoms with van der Waals surface area (Å²) in [7, 11) is 0. The third kappa shape index (κ3) is 5.06. The van der Waals surface area contributed by atoms with Crippen LogP contribution in [-0.4, -0.2) is 43.0 Å². The van der Waals surface area contributed by atoms with Crippen LogP contribution in [-0.2, 0) is 9.59 Å². The number of anilines is 1. The van der Waals surface area contributed by atoms with E-state index in [4.69, 9.17) is 4.74 Å². The molecule has 1 rings (SSSR count). The Balaban J connectivity index is 2.73. The number of rotatable bonds is 8. The molecule has 0 spiro atoms. The Hall–Kier alpha value is -2.04. The molecule has 2 amide bonds. The van der Waals surface area contributed by atoms with Gasteiger partial charge in [-0.2, -0.15) is 0 Å². The molecule has 0 saturated carbocycles. The van der Waals surface area contributed by atoms with Gasteiger partial charge in [0.15, 0.2) is 0 Å². The molecule has 0 aromatic heterocycles. The van der Waals surface area contributed by atoms with E-state index in [0.717, 1.165) is 11.4 Å². The molecule has 0 unspecified atom stereocenters. The van der Waals surface area contributed by atoms with Gasteiger partial charge in [0.25, 0.3) is 0 Å². The first-order valence-corrected chi connectivity index (χ1v) is 7.82. The van der Waals surface area contributed by atoms with Gasteiger partial charge in [0.2, 0.25) is 11.8 Å². The fourth-order valence-electron chi connectivity index (χ4n) is 2.30. The van der Waals surface area contributed by atoms with Crippen LogP contribution in [0.2, 0.25) is 0 Å². The molecule has 1 aromatic carbocycles. The van der Waals surface area contributed by atoms with Gasteiger partial charge in [-0.25, -0.2) is 0 Å². The molecule has 0 aliphatic heterocycles. The lowest BCUT2D eigenvalue weighted by molar-refractivity contribution is -0.130. The molecule has 122 valence electrons. The third-order valence-electron chi connectivity index (χ3n) is 3.50. The molecule has 0 radical (unpaired) electrons. The first kappa shape index (κ1) is 18.0. The third-order valence-corrected chi connectivity index (χ3v) is 3.50. The van der Waals surface area contributed by atoms with Gasteiger partial charge >= 0.3 is 0 Å². The molecule has 0 fully saturated rings. The fraction of sp³-hybridized carbons (Fsp3) is 0.529. The molecule has 5 nitrogen and oxygen atoms in total. The Bertz CT molecular complexity index is 481. The van der Waals surface area contributed by atoms with Crippen LogP contribution in [0, 0.1) is 0 Å². The van der Waals surface area contributed by atoms with Crippen LogP contribution in [0.5, 0.6) is 5.75 Å². The summed E-state index contributed by atoms with van der Waals surface area (Å²) in [6.45, 7) is 9.73.